The summed E-state index contributed by atoms with van der Waals surface area (Å²) in [4.78, 5) is 0. The molecule has 2 aliphatic rings. The monoisotopic (exact) mass is 209 g/mol. The van der Waals surface area contributed by atoms with Crippen LogP contribution < -0.4 is 0 Å². The van der Waals surface area contributed by atoms with E-state index in [2.05, 4.69) is 37.4 Å². The molecule has 0 bridgehead atoms. The number of hydrogen-bond donors (Lipinski definition) is 0. The Labute approximate surface area is 97.7 Å². The van der Waals surface area contributed by atoms with Crippen LogP contribution in [0.2, 0.25) is 0 Å². The van der Waals surface area contributed by atoms with Crippen molar-refractivity contribution in [2.75, 3.05) is 0 Å². The summed E-state index contributed by atoms with van der Waals surface area (Å²) in [7, 11) is 0. The molecule has 2 fully saturated rings. The first-order valence-corrected chi connectivity index (χ1v) is 6.16. The van der Waals surface area contributed by atoms with Crippen molar-refractivity contribution in [1.29, 1.82) is 0 Å². The predicted octanol–water partition coefficient (Wildman–Crippen LogP) is 4.33. The molecule has 0 saturated heterocycles. The van der Waals surface area contributed by atoms with E-state index in [4.69, 9.17) is 0 Å². The maximum Gasteiger partial charge on any atom is -0.00213 e. The van der Waals surface area contributed by atoms with Crippen LogP contribution in [0.25, 0.3) is 11.1 Å². The quantitative estimate of drug-likeness (QED) is 0.692. The predicted molar refractivity (Wildman–Crippen MR) is 68.8 cm³/mol. The first-order chi connectivity index (χ1) is 7.75. The summed E-state index contributed by atoms with van der Waals surface area (Å²) in [6, 6.07) is 9.86. The van der Waals surface area contributed by atoms with E-state index in [1.54, 1.807) is 0 Å². The second-order valence-electron chi connectivity index (χ2n) is 5.08. The summed E-state index contributed by atoms with van der Waals surface area (Å²) >= 11 is 0. The molecule has 0 N–H and O–H groups in total. The zero-order valence-corrected chi connectivity index (χ0v) is 9.63. The molecule has 0 spiro atoms. The summed E-state index contributed by atoms with van der Waals surface area (Å²) in [5.74, 6) is 1.45. The largest absolute Gasteiger partial charge is 0.0949 e. The Kier molecular flexibility index (Phi) is 2.24. The smallest absolute Gasteiger partial charge is 0.00213 e. The molecule has 0 aliphatic heterocycles. The first-order valence-electron chi connectivity index (χ1n) is 6.16. The minimum absolute atomic E-state index is 0.723. The van der Waals surface area contributed by atoms with E-state index in [-0.39, 0.29) is 0 Å². The van der Waals surface area contributed by atoms with Crippen LogP contribution in [0.3, 0.4) is 0 Å². The molecule has 0 amide bonds. The molecule has 0 heteroatoms. The average molecular weight is 209 g/mol. The molecular weight excluding hydrogens is 192 g/mol. The van der Waals surface area contributed by atoms with Crippen molar-refractivity contribution in [1.82, 2.24) is 0 Å². The van der Waals surface area contributed by atoms with E-state index in [0.717, 1.165) is 11.8 Å². The van der Waals surface area contributed by atoms with Gasteiger partial charge in [-0.25, -0.2) is 0 Å². The SMILES string of the molecule is C=C(c1[c]c(C(=C)C2CC2)ccc1)C1CC1. The molecule has 0 aromatic heterocycles. The number of benzene rings is 1. The second kappa shape index (κ2) is 3.62. The van der Waals surface area contributed by atoms with Crippen LogP contribution in [0.1, 0.15) is 36.8 Å². The molecule has 2 saturated carbocycles. The first kappa shape index (κ1) is 9.89. The van der Waals surface area contributed by atoms with Crippen molar-refractivity contribution >= 4 is 11.1 Å². The van der Waals surface area contributed by atoms with Gasteiger partial charge in [0.15, 0.2) is 0 Å². The van der Waals surface area contributed by atoms with Crippen LogP contribution in [0, 0.1) is 17.9 Å². The third-order valence-electron chi connectivity index (χ3n) is 3.63. The lowest BCUT2D eigenvalue weighted by Gasteiger charge is -2.08. The second-order valence-corrected chi connectivity index (χ2v) is 5.08. The van der Waals surface area contributed by atoms with Crippen molar-refractivity contribution < 1.29 is 0 Å². The summed E-state index contributed by atoms with van der Waals surface area (Å²) in [5, 5.41) is 0. The van der Waals surface area contributed by atoms with Gasteiger partial charge in [0.25, 0.3) is 0 Å². The van der Waals surface area contributed by atoms with Gasteiger partial charge in [0, 0.05) is 0 Å². The van der Waals surface area contributed by atoms with Crippen molar-refractivity contribution in [2.24, 2.45) is 11.8 Å². The fraction of sp³-hybridized carbons (Fsp3) is 0.375. The Bertz CT molecular complexity index is 406. The summed E-state index contributed by atoms with van der Waals surface area (Å²) < 4.78 is 0. The minimum atomic E-state index is 0.723. The maximum absolute atomic E-state index is 4.19. The lowest BCUT2D eigenvalue weighted by atomic mass is 9.96. The lowest BCUT2D eigenvalue weighted by Crippen LogP contribution is -1.90. The summed E-state index contributed by atoms with van der Waals surface area (Å²) in [6.45, 7) is 8.37. The molecule has 2 aliphatic carbocycles. The van der Waals surface area contributed by atoms with Gasteiger partial charge in [-0.3, -0.25) is 0 Å². The van der Waals surface area contributed by atoms with E-state index in [1.807, 2.05) is 0 Å². The van der Waals surface area contributed by atoms with Crippen LogP contribution >= 0.6 is 0 Å². The molecule has 16 heavy (non-hydrogen) atoms. The Balaban J connectivity index is 1.86. The molecule has 1 aromatic carbocycles. The maximum atomic E-state index is 4.19. The van der Waals surface area contributed by atoms with E-state index in [1.165, 1.54) is 48.0 Å². The minimum Gasteiger partial charge on any atom is -0.0949 e. The van der Waals surface area contributed by atoms with Gasteiger partial charge in [-0.15, -0.1) is 0 Å². The third kappa shape index (κ3) is 1.84. The highest BCUT2D eigenvalue weighted by atomic mass is 14.3. The molecule has 0 heterocycles. The van der Waals surface area contributed by atoms with Gasteiger partial charge in [0.1, 0.15) is 0 Å². The zero-order chi connectivity index (χ0) is 11.1. The van der Waals surface area contributed by atoms with E-state index in [9.17, 15) is 0 Å². The van der Waals surface area contributed by atoms with Gasteiger partial charge < -0.3 is 0 Å². The zero-order valence-electron chi connectivity index (χ0n) is 9.63. The molecule has 0 nitrogen and oxygen atoms in total. The third-order valence-corrected chi connectivity index (χ3v) is 3.63. The molecule has 0 atom stereocenters. The molecule has 3 rings (SSSR count). The van der Waals surface area contributed by atoms with Crippen molar-refractivity contribution in [3.05, 3.63) is 48.6 Å². The van der Waals surface area contributed by atoms with Crippen molar-refractivity contribution in [3.8, 4) is 0 Å². The Morgan fingerprint density at radius 3 is 1.75 bits per heavy atom. The Morgan fingerprint density at radius 2 is 1.38 bits per heavy atom. The van der Waals surface area contributed by atoms with Crippen LogP contribution in [0.5, 0.6) is 0 Å². The highest BCUT2D eigenvalue weighted by Gasteiger charge is 2.27. The van der Waals surface area contributed by atoms with E-state index >= 15 is 0 Å². The number of rotatable bonds is 4. The van der Waals surface area contributed by atoms with Gasteiger partial charge in [-0.2, -0.15) is 0 Å². The molecule has 81 valence electrons. The fourth-order valence-corrected chi connectivity index (χ4v) is 2.15. The average Bonchev–Trinajstić information content (AvgIpc) is 3.20. The van der Waals surface area contributed by atoms with Crippen LogP contribution in [0.4, 0.5) is 0 Å². The van der Waals surface area contributed by atoms with Gasteiger partial charge in [-0.1, -0.05) is 31.4 Å². The number of hydrogen-bond acceptors (Lipinski definition) is 0. The standard InChI is InChI=1S/C16H17/c1-11(13-6-7-13)15-4-3-5-16(10-15)12(2)14-8-9-14/h3-5,13-14H,1-2,6-9H2. The van der Waals surface area contributed by atoms with Gasteiger partial charge >= 0.3 is 0 Å². The van der Waals surface area contributed by atoms with Gasteiger partial charge in [0.05, 0.1) is 0 Å². The number of allylic oxidation sites excluding steroid dienone is 2. The van der Waals surface area contributed by atoms with Crippen molar-refractivity contribution in [2.45, 2.75) is 25.7 Å². The van der Waals surface area contributed by atoms with Crippen LogP contribution in [0.15, 0.2) is 31.4 Å². The van der Waals surface area contributed by atoms with Crippen LogP contribution in [-0.4, -0.2) is 0 Å². The van der Waals surface area contributed by atoms with Crippen LogP contribution in [-0.2, 0) is 0 Å². The molecule has 1 aromatic rings. The van der Waals surface area contributed by atoms with E-state index in [0.29, 0.717) is 0 Å². The Morgan fingerprint density at radius 1 is 0.938 bits per heavy atom. The molecular formula is C16H17. The van der Waals surface area contributed by atoms with Crippen molar-refractivity contribution in [3.63, 3.8) is 0 Å². The summed E-state index contributed by atoms with van der Waals surface area (Å²) in [5.41, 5.74) is 4.93. The van der Waals surface area contributed by atoms with Gasteiger partial charge in [-0.05, 0) is 65.9 Å². The molecule has 1 radical (unpaired) electrons. The topological polar surface area (TPSA) is 0 Å². The lowest BCUT2D eigenvalue weighted by molar-refractivity contribution is 1.14. The van der Waals surface area contributed by atoms with E-state index < -0.39 is 0 Å². The fourth-order valence-electron chi connectivity index (χ4n) is 2.15. The molecule has 0 unspecified atom stereocenters. The highest BCUT2D eigenvalue weighted by Crippen LogP contribution is 2.43. The highest BCUT2D eigenvalue weighted by molar-refractivity contribution is 5.73. The van der Waals surface area contributed by atoms with Gasteiger partial charge in [0.2, 0.25) is 0 Å². The Hall–Kier alpha value is -1.30. The normalized spacial score (nSPS) is 19.5. The summed E-state index contributed by atoms with van der Waals surface area (Å²) in [6.07, 6.45) is 5.22.